The molecule has 0 aromatic heterocycles. The number of hydrogen-bond donors (Lipinski definition) is 3. The third-order valence-electron chi connectivity index (χ3n) is 2.31. The number of amides is 2. The molecule has 0 aliphatic heterocycles. The van der Waals surface area contributed by atoms with Crippen LogP contribution in [0.25, 0.3) is 0 Å². The molecule has 0 aliphatic carbocycles. The summed E-state index contributed by atoms with van der Waals surface area (Å²) < 4.78 is 10.0. The summed E-state index contributed by atoms with van der Waals surface area (Å²) in [6.45, 7) is 5.54. The van der Waals surface area contributed by atoms with E-state index in [9.17, 15) is 9.59 Å². The molecule has 0 saturated heterocycles. The molecule has 0 radical (unpaired) electrons. The molecule has 0 heterocycles. The van der Waals surface area contributed by atoms with Crippen LogP contribution in [0.1, 0.15) is 20.3 Å². The molecule has 0 saturated carbocycles. The normalized spacial score (nSPS) is 12.2. The van der Waals surface area contributed by atoms with Gasteiger partial charge in [0.25, 0.3) is 0 Å². The van der Waals surface area contributed by atoms with Crippen molar-refractivity contribution in [2.75, 3.05) is 33.5 Å². The zero-order chi connectivity index (χ0) is 14.7. The van der Waals surface area contributed by atoms with Crippen LogP contribution in [0.15, 0.2) is 0 Å². The maximum Gasteiger partial charge on any atom is 0.328 e. The molecule has 1 atom stereocenters. The average molecular weight is 276 g/mol. The predicted molar refractivity (Wildman–Crippen MR) is 70.1 cm³/mol. The lowest BCUT2D eigenvalue weighted by atomic mass is 10.1. The SMILES string of the molecule is COCC(NC(=O)NCCOCCC(C)C)C(=O)O. The van der Waals surface area contributed by atoms with Crippen LogP contribution >= 0.6 is 0 Å². The van der Waals surface area contributed by atoms with Crippen LogP contribution < -0.4 is 10.6 Å². The summed E-state index contributed by atoms with van der Waals surface area (Å²) in [7, 11) is 1.37. The lowest BCUT2D eigenvalue weighted by Gasteiger charge is -2.14. The maximum atomic E-state index is 11.4. The smallest absolute Gasteiger partial charge is 0.328 e. The van der Waals surface area contributed by atoms with Crippen molar-refractivity contribution in [2.24, 2.45) is 5.92 Å². The zero-order valence-corrected chi connectivity index (χ0v) is 11.8. The molecule has 2 amide bonds. The van der Waals surface area contributed by atoms with E-state index >= 15 is 0 Å². The van der Waals surface area contributed by atoms with Crippen LogP contribution in [-0.4, -0.2) is 56.6 Å². The molecule has 112 valence electrons. The van der Waals surface area contributed by atoms with Gasteiger partial charge in [0.05, 0.1) is 13.2 Å². The molecule has 0 aromatic carbocycles. The molecular weight excluding hydrogens is 252 g/mol. The molecule has 3 N–H and O–H groups in total. The number of hydrogen-bond acceptors (Lipinski definition) is 4. The molecule has 7 heteroatoms. The molecule has 1 unspecified atom stereocenters. The number of methoxy groups -OCH3 is 1. The maximum absolute atomic E-state index is 11.4. The molecule has 0 rings (SSSR count). The van der Waals surface area contributed by atoms with Crippen molar-refractivity contribution in [1.82, 2.24) is 10.6 Å². The fraction of sp³-hybridized carbons (Fsp3) is 0.833. The van der Waals surface area contributed by atoms with Gasteiger partial charge in [0.1, 0.15) is 0 Å². The number of aliphatic carboxylic acids is 1. The first-order valence-corrected chi connectivity index (χ1v) is 6.31. The van der Waals surface area contributed by atoms with Crippen molar-refractivity contribution in [3.63, 3.8) is 0 Å². The van der Waals surface area contributed by atoms with E-state index in [1.54, 1.807) is 0 Å². The third kappa shape index (κ3) is 10.3. The molecule has 0 bridgehead atoms. The molecule has 19 heavy (non-hydrogen) atoms. The Morgan fingerprint density at radius 2 is 1.95 bits per heavy atom. The van der Waals surface area contributed by atoms with Crippen molar-refractivity contribution in [3.8, 4) is 0 Å². The largest absolute Gasteiger partial charge is 0.480 e. The van der Waals surface area contributed by atoms with Gasteiger partial charge in [-0.3, -0.25) is 0 Å². The van der Waals surface area contributed by atoms with E-state index < -0.39 is 18.0 Å². The topological polar surface area (TPSA) is 96.9 Å². The highest BCUT2D eigenvalue weighted by Crippen LogP contribution is 1.98. The van der Waals surface area contributed by atoms with Gasteiger partial charge in [-0.15, -0.1) is 0 Å². The summed E-state index contributed by atoms with van der Waals surface area (Å²) in [5.74, 6) is -0.549. The van der Waals surface area contributed by atoms with Crippen LogP contribution in [0.3, 0.4) is 0 Å². The van der Waals surface area contributed by atoms with Crippen LogP contribution in [0.4, 0.5) is 4.79 Å². The Balaban J connectivity index is 3.65. The Kier molecular flexibility index (Phi) is 9.82. The van der Waals surface area contributed by atoms with E-state index in [2.05, 4.69) is 24.5 Å². The van der Waals surface area contributed by atoms with E-state index in [0.717, 1.165) is 6.42 Å². The lowest BCUT2D eigenvalue weighted by Crippen LogP contribution is -2.48. The van der Waals surface area contributed by atoms with E-state index in [-0.39, 0.29) is 6.61 Å². The van der Waals surface area contributed by atoms with Crippen molar-refractivity contribution < 1.29 is 24.2 Å². The Morgan fingerprint density at radius 1 is 1.26 bits per heavy atom. The van der Waals surface area contributed by atoms with Gasteiger partial charge in [0.15, 0.2) is 6.04 Å². The summed E-state index contributed by atoms with van der Waals surface area (Å²) in [6.07, 6.45) is 0.973. The predicted octanol–water partition coefficient (Wildman–Crippen LogP) is 0.448. The highest BCUT2D eigenvalue weighted by Gasteiger charge is 2.19. The van der Waals surface area contributed by atoms with Gasteiger partial charge in [0, 0.05) is 20.3 Å². The fourth-order valence-corrected chi connectivity index (χ4v) is 1.21. The number of carbonyl (C=O) groups is 2. The lowest BCUT2D eigenvalue weighted by molar-refractivity contribution is -0.140. The van der Waals surface area contributed by atoms with E-state index in [0.29, 0.717) is 25.7 Å². The second-order valence-electron chi connectivity index (χ2n) is 4.54. The fourth-order valence-electron chi connectivity index (χ4n) is 1.21. The molecule has 0 aromatic rings. The van der Waals surface area contributed by atoms with Gasteiger partial charge in [0.2, 0.25) is 0 Å². The number of carbonyl (C=O) groups excluding carboxylic acids is 1. The van der Waals surface area contributed by atoms with E-state index in [1.165, 1.54) is 7.11 Å². The first kappa shape index (κ1) is 17.7. The highest BCUT2D eigenvalue weighted by atomic mass is 16.5. The summed E-state index contributed by atoms with van der Waals surface area (Å²) in [5.41, 5.74) is 0. The number of urea groups is 1. The van der Waals surface area contributed by atoms with Crippen LogP contribution in [0, 0.1) is 5.92 Å². The molecular formula is C12H24N2O5. The van der Waals surface area contributed by atoms with Gasteiger partial charge in [-0.25, -0.2) is 9.59 Å². The standard InChI is InChI=1S/C12H24N2O5/c1-9(2)4-6-19-7-5-13-12(17)14-10(8-18-3)11(15)16/h9-10H,4-8H2,1-3H3,(H,15,16)(H2,13,14,17). The highest BCUT2D eigenvalue weighted by molar-refractivity contribution is 5.82. The number of ether oxygens (including phenoxy) is 2. The average Bonchev–Trinajstić information content (AvgIpc) is 2.32. The Labute approximate surface area is 113 Å². The van der Waals surface area contributed by atoms with Crippen molar-refractivity contribution in [2.45, 2.75) is 26.3 Å². The summed E-state index contributed by atoms with van der Waals surface area (Å²) in [5, 5.41) is 13.6. The second-order valence-corrected chi connectivity index (χ2v) is 4.54. The Bertz CT molecular complexity index is 271. The molecule has 0 aliphatic rings. The van der Waals surface area contributed by atoms with Crippen LogP contribution in [0.2, 0.25) is 0 Å². The first-order chi connectivity index (χ1) is 8.97. The van der Waals surface area contributed by atoms with Crippen LogP contribution in [0.5, 0.6) is 0 Å². The van der Waals surface area contributed by atoms with Gasteiger partial charge >= 0.3 is 12.0 Å². The van der Waals surface area contributed by atoms with Gasteiger partial charge in [-0.2, -0.15) is 0 Å². The first-order valence-electron chi connectivity index (χ1n) is 6.31. The van der Waals surface area contributed by atoms with Crippen molar-refractivity contribution >= 4 is 12.0 Å². The van der Waals surface area contributed by atoms with Gasteiger partial charge in [-0.1, -0.05) is 13.8 Å². The monoisotopic (exact) mass is 276 g/mol. The minimum atomic E-state index is -1.13. The Morgan fingerprint density at radius 3 is 2.47 bits per heavy atom. The summed E-state index contributed by atoms with van der Waals surface area (Å²) in [6, 6.07) is -1.59. The number of carboxylic acids is 1. The summed E-state index contributed by atoms with van der Waals surface area (Å²) in [4.78, 5) is 22.1. The molecule has 0 spiro atoms. The Hall–Kier alpha value is -1.34. The minimum absolute atomic E-state index is 0.0758. The number of carboxylic acid groups (broad SMARTS) is 1. The third-order valence-corrected chi connectivity index (χ3v) is 2.31. The zero-order valence-electron chi connectivity index (χ0n) is 11.8. The summed E-state index contributed by atoms with van der Waals surface area (Å²) >= 11 is 0. The minimum Gasteiger partial charge on any atom is -0.480 e. The van der Waals surface area contributed by atoms with Crippen molar-refractivity contribution in [1.29, 1.82) is 0 Å². The number of rotatable bonds is 10. The van der Waals surface area contributed by atoms with E-state index in [4.69, 9.17) is 14.6 Å². The van der Waals surface area contributed by atoms with Crippen LogP contribution in [-0.2, 0) is 14.3 Å². The quantitative estimate of drug-likeness (QED) is 0.503. The van der Waals surface area contributed by atoms with Gasteiger partial charge in [-0.05, 0) is 12.3 Å². The van der Waals surface area contributed by atoms with E-state index in [1.807, 2.05) is 0 Å². The number of nitrogens with one attached hydrogen (secondary N) is 2. The van der Waals surface area contributed by atoms with Gasteiger partial charge < -0.3 is 25.2 Å². The second kappa shape index (κ2) is 10.6. The van der Waals surface area contributed by atoms with Crippen molar-refractivity contribution in [3.05, 3.63) is 0 Å². The molecule has 7 nitrogen and oxygen atoms in total. The molecule has 0 fully saturated rings.